The van der Waals surface area contributed by atoms with Crippen molar-refractivity contribution in [2.75, 3.05) is 13.2 Å². The van der Waals surface area contributed by atoms with Crippen LogP contribution in [-0.4, -0.2) is 23.3 Å². The van der Waals surface area contributed by atoms with Crippen LogP contribution in [0.5, 0.6) is 0 Å². The van der Waals surface area contributed by atoms with Gasteiger partial charge in [-0.3, -0.25) is 0 Å². The molecule has 1 aromatic rings. The van der Waals surface area contributed by atoms with Crippen LogP contribution in [-0.2, 0) is 10.3 Å². The van der Waals surface area contributed by atoms with Gasteiger partial charge >= 0.3 is 0 Å². The fourth-order valence-corrected chi connectivity index (χ4v) is 2.68. The second kappa shape index (κ2) is 5.82. The zero-order valence-corrected chi connectivity index (χ0v) is 13.3. The predicted molar refractivity (Wildman–Crippen MR) is 77.3 cm³/mol. The smallest absolute Gasteiger partial charge is 0.246 e. The van der Waals surface area contributed by atoms with Crippen LogP contribution in [0, 0.1) is 5.41 Å². The van der Waals surface area contributed by atoms with E-state index < -0.39 is 0 Å². The molecule has 20 heavy (non-hydrogen) atoms. The van der Waals surface area contributed by atoms with E-state index in [0.717, 1.165) is 13.0 Å². The van der Waals surface area contributed by atoms with Crippen LogP contribution in [0.2, 0.25) is 0 Å². The van der Waals surface area contributed by atoms with Gasteiger partial charge < -0.3 is 14.6 Å². The maximum atomic E-state index is 5.82. The third-order valence-corrected chi connectivity index (χ3v) is 3.89. The van der Waals surface area contributed by atoms with Crippen LogP contribution in [0.3, 0.4) is 0 Å². The summed E-state index contributed by atoms with van der Waals surface area (Å²) in [7, 11) is 0. The molecule has 1 aromatic heterocycles. The number of hydrogen-bond acceptors (Lipinski definition) is 5. The Labute approximate surface area is 121 Å². The first kappa shape index (κ1) is 15.4. The van der Waals surface area contributed by atoms with E-state index in [4.69, 9.17) is 9.26 Å². The van der Waals surface area contributed by atoms with Crippen LogP contribution < -0.4 is 5.32 Å². The molecule has 2 atom stereocenters. The van der Waals surface area contributed by atoms with Gasteiger partial charge in [0.2, 0.25) is 11.7 Å². The number of rotatable bonds is 4. The molecule has 1 fully saturated rings. The second-order valence-electron chi connectivity index (χ2n) is 6.88. The Morgan fingerprint density at radius 2 is 2.15 bits per heavy atom. The van der Waals surface area contributed by atoms with Crippen molar-refractivity contribution in [1.82, 2.24) is 15.5 Å². The van der Waals surface area contributed by atoms with Crippen LogP contribution in [0.1, 0.15) is 71.7 Å². The van der Waals surface area contributed by atoms with E-state index in [9.17, 15) is 0 Å². The molecule has 5 nitrogen and oxygen atoms in total. The lowest BCUT2D eigenvalue weighted by Gasteiger charge is -2.31. The standard InChI is InChI=1S/C15H27N3O2/c1-6-19-11(14(2,3)4)12-17-13(20-18-12)15(5)9-7-8-10-16-15/h11,16H,6-10H2,1-5H3. The lowest BCUT2D eigenvalue weighted by atomic mass is 9.88. The summed E-state index contributed by atoms with van der Waals surface area (Å²) in [4.78, 5) is 4.63. The summed E-state index contributed by atoms with van der Waals surface area (Å²) in [5.74, 6) is 1.34. The summed E-state index contributed by atoms with van der Waals surface area (Å²) in [6, 6.07) is 0. The highest BCUT2D eigenvalue weighted by Crippen LogP contribution is 2.36. The van der Waals surface area contributed by atoms with E-state index >= 15 is 0 Å². The highest BCUT2D eigenvalue weighted by molar-refractivity contribution is 5.05. The molecule has 0 amide bonds. The first-order valence-corrected chi connectivity index (χ1v) is 7.57. The molecule has 1 N–H and O–H groups in total. The Balaban J connectivity index is 2.22. The number of piperidine rings is 1. The molecule has 5 heteroatoms. The summed E-state index contributed by atoms with van der Waals surface area (Å²) < 4.78 is 11.3. The summed E-state index contributed by atoms with van der Waals surface area (Å²) in [5.41, 5.74) is -0.254. The second-order valence-corrected chi connectivity index (χ2v) is 6.88. The van der Waals surface area contributed by atoms with Gasteiger partial charge in [-0.2, -0.15) is 4.98 Å². The average molecular weight is 281 g/mol. The fourth-order valence-electron chi connectivity index (χ4n) is 2.68. The Morgan fingerprint density at radius 3 is 2.70 bits per heavy atom. The molecule has 2 heterocycles. The molecule has 0 aromatic carbocycles. The van der Waals surface area contributed by atoms with E-state index in [1.54, 1.807) is 0 Å². The van der Waals surface area contributed by atoms with Crippen LogP contribution in [0.15, 0.2) is 4.52 Å². The highest BCUT2D eigenvalue weighted by atomic mass is 16.5. The highest BCUT2D eigenvalue weighted by Gasteiger charge is 2.37. The van der Waals surface area contributed by atoms with Gasteiger partial charge in [0.05, 0.1) is 5.54 Å². The Bertz CT molecular complexity index is 431. The van der Waals surface area contributed by atoms with Crippen LogP contribution in [0.25, 0.3) is 0 Å². The van der Waals surface area contributed by atoms with Gasteiger partial charge in [0.25, 0.3) is 0 Å². The van der Waals surface area contributed by atoms with Crippen LogP contribution >= 0.6 is 0 Å². The third-order valence-electron chi connectivity index (χ3n) is 3.89. The minimum absolute atomic E-state index is 0.0575. The summed E-state index contributed by atoms with van der Waals surface area (Å²) in [5, 5.41) is 7.67. The molecule has 0 bridgehead atoms. The normalized spacial score (nSPS) is 25.6. The molecule has 0 spiro atoms. The first-order chi connectivity index (χ1) is 9.37. The topological polar surface area (TPSA) is 60.2 Å². The average Bonchev–Trinajstić information content (AvgIpc) is 2.85. The van der Waals surface area contributed by atoms with E-state index in [2.05, 4.69) is 43.2 Å². The zero-order chi connectivity index (χ0) is 14.8. The Morgan fingerprint density at radius 1 is 1.40 bits per heavy atom. The van der Waals surface area contributed by atoms with Gasteiger partial charge in [-0.25, -0.2) is 0 Å². The zero-order valence-electron chi connectivity index (χ0n) is 13.3. The van der Waals surface area contributed by atoms with E-state index in [-0.39, 0.29) is 17.1 Å². The molecule has 0 aliphatic carbocycles. The van der Waals surface area contributed by atoms with E-state index in [0.29, 0.717) is 18.3 Å². The Kier molecular flexibility index (Phi) is 4.49. The van der Waals surface area contributed by atoms with Gasteiger partial charge in [0.15, 0.2) is 0 Å². The maximum Gasteiger partial charge on any atom is 0.246 e. The van der Waals surface area contributed by atoms with E-state index in [1.165, 1.54) is 12.8 Å². The fraction of sp³-hybridized carbons (Fsp3) is 0.867. The van der Waals surface area contributed by atoms with Gasteiger partial charge in [-0.15, -0.1) is 0 Å². The first-order valence-electron chi connectivity index (χ1n) is 7.57. The molecule has 2 unspecified atom stereocenters. The van der Waals surface area contributed by atoms with Gasteiger partial charge in [-0.05, 0) is 45.1 Å². The van der Waals surface area contributed by atoms with Crippen molar-refractivity contribution >= 4 is 0 Å². The van der Waals surface area contributed by atoms with Crippen molar-refractivity contribution in [3.63, 3.8) is 0 Å². The van der Waals surface area contributed by atoms with E-state index in [1.807, 2.05) is 6.92 Å². The van der Waals surface area contributed by atoms with Crippen molar-refractivity contribution in [2.24, 2.45) is 5.41 Å². The van der Waals surface area contributed by atoms with Crippen molar-refractivity contribution in [3.05, 3.63) is 11.7 Å². The number of aromatic nitrogens is 2. The van der Waals surface area contributed by atoms with Crippen molar-refractivity contribution in [3.8, 4) is 0 Å². The van der Waals surface area contributed by atoms with Gasteiger partial charge in [0, 0.05) is 6.61 Å². The monoisotopic (exact) mass is 281 g/mol. The number of hydrogen-bond donors (Lipinski definition) is 1. The molecule has 0 radical (unpaired) electrons. The molecule has 1 saturated heterocycles. The molecule has 1 aliphatic heterocycles. The quantitative estimate of drug-likeness (QED) is 0.918. The van der Waals surface area contributed by atoms with Crippen molar-refractivity contribution in [1.29, 1.82) is 0 Å². The molecule has 0 saturated carbocycles. The third kappa shape index (κ3) is 3.20. The SMILES string of the molecule is CCOC(c1noc(C2(C)CCCCN2)n1)C(C)(C)C. The van der Waals surface area contributed by atoms with Crippen molar-refractivity contribution < 1.29 is 9.26 Å². The number of nitrogens with zero attached hydrogens (tertiary/aromatic N) is 2. The molecular formula is C15H27N3O2. The number of ether oxygens (including phenoxy) is 1. The molecule has 114 valence electrons. The Hall–Kier alpha value is -0.940. The largest absolute Gasteiger partial charge is 0.370 e. The lowest BCUT2D eigenvalue weighted by Crippen LogP contribution is -2.43. The summed E-state index contributed by atoms with van der Waals surface area (Å²) in [6.07, 6.45) is 3.29. The molecular weight excluding hydrogens is 254 g/mol. The molecule has 1 aliphatic rings. The minimum Gasteiger partial charge on any atom is -0.370 e. The van der Waals surface area contributed by atoms with Crippen molar-refractivity contribution in [2.45, 2.75) is 65.5 Å². The predicted octanol–water partition coefficient (Wildman–Crippen LogP) is 3.18. The van der Waals surface area contributed by atoms with Crippen LogP contribution in [0.4, 0.5) is 0 Å². The molecule has 2 rings (SSSR count). The summed E-state index contributed by atoms with van der Waals surface area (Å²) >= 11 is 0. The minimum atomic E-state index is -0.196. The maximum absolute atomic E-state index is 5.82. The van der Waals surface area contributed by atoms with Gasteiger partial charge in [0.1, 0.15) is 6.10 Å². The summed E-state index contributed by atoms with van der Waals surface area (Å²) in [6.45, 7) is 12.2. The number of nitrogens with one attached hydrogen (secondary N) is 1. The van der Waals surface area contributed by atoms with Gasteiger partial charge in [-0.1, -0.05) is 25.9 Å². The lowest BCUT2D eigenvalue weighted by molar-refractivity contribution is -0.0203.